The monoisotopic (exact) mass is 484 g/mol. The first-order chi connectivity index (χ1) is 16.3. The number of hydrogen-bond acceptors (Lipinski definition) is 6. The Morgan fingerprint density at radius 1 is 1.21 bits per heavy atom. The van der Waals surface area contributed by atoms with Gasteiger partial charge in [-0.3, -0.25) is 4.79 Å². The van der Waals surface area contributed by atoms with Gasteiger partial charge in [-0.15, -0.1) is 16.4 Å². The number of nitrogens with zero attached hydrogens (tertiary/aromatic N) is 5. The summed E-state index contributed by atoms with van der Waals surface area (Å²) in [7, 11) is 0. The van der Waals surface area contributed by atoms with Gasteiger partial charge in [0.15, 0.2) is 5.82 Å². The Balaban J connectivity index is 1.44. The van der Waals surface area contributed by atoms with Crippen LogP contribution in [0.1, 0.15) is 39.7 Å². The van der Waals surface area contributed by atoms with Gasteiger partial charge in [-0.1, -0.05) is 12.1 Å². The summed E-state index contributed by atoms with van der Waals surface area (Å²) in [5.74, 6) is 0.431. The normalized spacial score (nSPS) is 15.7. The Kier molecular flexibility index (Phi) is 5.64. The molecule has 0 spiro atoms. The predicted molar refractivity (Wildman–Crippen MR) is 120 cm³/mol. The number of alkyl halides is 3. The van der Waals surface area contributed by atoms with Gasteiger partial charge >= 0.3 is 6.18 Å². The van der Waals surface area contributed by atoms with E-state index in [4.69, 9.17) is 0 Å². The van der Waals surface area contributed by atoms with Crippen molar-refractivity contribution in [3.8, 4) is 16.4 Å². The zero-order chi connectivity index (χ0) is 23.9. The van der Waals surface area contributed by atoms with E-state index in [1.54, 1.807) is 18.3 Å². The second-order valence-corrected chi connectivity index (χ2v) is 8.95. The molecule has 11 heteroatoms. The average molecular weight is 485 g/mol. The Labute approximate surface area is 196 Å². The van der Waals surface area contributed by atoms with Crippen LogP contribution in [0, 0.1) is 6.92 Å². The molecule has 1 aliphatic rings. The van der Waals surface area contributed by atoms with Gasteiger partial charge in [0.1, 0.15) is 5.82 Å². The molecule has 3 heterocycles. The van der Waals surface area contributed by atoms with E-state index in [0.29, 0.717) is 29.4 Å². The second-order valence-electron chi connectivity index (χ2n) is 8.00. The maximum absolute atomic E-state index is 13.3. The van der Waals surface area contributed by atoms with E-state index in [9.17, 15) is 18.0 Å². The fourth-order valence-corrected chi connectivity index (χ4v) is 4.65. The van der Waals surface area contributed by atoms with Crippen molar-refractivity contribution in [3.63, 3.8) is 0 Å². The molecular weight excluding hydrogens is 465 g/mol. The van der Waals surface area contributed by atoms with E-state index < -0.39 is 17.6 Å². The van der Waals surface area contributed by atoms with Gasteiger partial charge in [0.2, 0.25) is 5.82 Å². The van der Waals surface area contributed by atoms with Crippen LogP contribution in [0.3, 0.4) is 0 Å². The van der Waals surface area contributed by atoms with Crippen molar-refractivity contribution in [2.24, 2.45) is 0 Å². The van der Waals surface area contributed by atoms with Crippen LogP contribution in [0.15, 0.2) is 48.0 Å². The third-order valence-corrected chi connectivity index (χ3v) is 6.44. The van der Waals surface area contributed by atoms with Gasteiger partial charge in [-0.05, 0) is 61.4 Å². The molecule has 0 saturated heterocycles. The number of hydrogen-bond donors (Lipinski definition) is 1. The van der Waals surface area contributed by atoms with E-state index in [0.717, 1.165) is 29.8 Å². The maximum atomic E-state index is 13.3. The summed E-state index contributed by atoms with van der Waals surface area (Å²) in [4.78, 5) is 26.8. The minimum Gasteiger partial charge on any atom is -0.346 e. The van der Waals surface area contributed by atoms with Crippen molar-refractivity contribution < 1.29 is 18.0 Å². The summed E-state index contributed by atoms with van der Waals surface area (Å²) in [5, 5.41) is 9.07. The van der Waals surface area contributed by atoms with Crippen LogP contribution in [-0.2, 0) is 19.0 Å². The van der Waals surface area contributed by atoms with E-state index in [1.807, 2.05) is 12.3 Å². The Bertz CT molecular complexity index is 1350. The van der Waals surface area contributed by atoms with Crippen molar-refractivity contribution in [2.75, 3.05) is 0 Å². The van der Waals surface area contributed by atoms with Gasteiger partial charge in [0, 0.05) is 17.9 Å². The number of thiophene rings is 1. The fraction of sp³-hybridized carbons (Fsp3) is 0.261. The quantitative estimate of drug-likeness (QED) is 0.464. The second kappa shape index (κ2) is 8.64. The number of fused-ring (bicyclic) bond motifs is 1. The Morgan fingerprint density at radius 3 is 2.82 bits per heavy atom. The first-order valence-electron chi connectivity index (χ1n) is 10.6. The zero-order valence-corrected chi connectivity index (χ0v) is 18.8. The van der Waals surface area contributed by atoms with Gasteiger partial charge in [0.05, 0.1) is 16.1 Å². The molecular formula is C23H19F3N6OS. The topological polar surface area (TPSA) is 85.6 Å². The molecule has 1 atom stereocenters. The van der Waals surface area contributed by atoms with E-state index in [1.165, 1.54) is 28.2 Å². The molecule has 0 bridgehead atoms. The molecule has 1 amide bonds. The number of halogens is 3. The highest BCUT2D eigenvalue weighted by Gasteiger charge is 2.31. The smallest absolute Gasteiger partial charge is 0.346 e. The predicted octanol–water partition coefficient (Wildman–Crippen LogP) is 4.40. The van der Waals surface area contributed by atoms with Crippen molar-refractivity contribution >= 4 is 17.2 Å². The van der Waals surface area contributed by atoms with E-state index in [2.05, 4.69) is 25.4 Å². The molecule has 34 heavy (non-hydrogen) atoms. The highest BCUT2D eigenvalue weighted by Crippen LogP contribution is 2.32. The van der Waals surface area contributed by atoms with Gasteiger partial charge in [-0.2, -0.15) is 13.2 Å². The number of rotatable bonds is 4. The number of nitrogens with one attached hydrogen (secondary N) is 1. The summed E-state index contributed by atoms with van der Waals surface area (Å²) in [6.07, 6.45) is -0.699. The molecule has 0 fully saturated rings. The Morgan fingerprint density at radius 2 is 2.06 bits per heavy atom. The molecule has 7 nitrogen and oxygen atoms in total. The first kappa shape index (κ1) is 22.2. The lowest BCUT2D eigenvalue weighted by Gasteiger charge is -2.24. The lowest BCUT2D eigenvalue weighted by atomic mass is 9.93. The molecule has 5 rings (SSSR count). The van der Waals surface area contributed by atoms with Crippen molar-refractivity contribution in [1.82, 2.24) is 30.0 Å². The van der Waals surface area contributed by atoms with Crippen LogP contribution < -0.4 is 5.32 Å². The lowest BCUT2D eigenvalue weighted by molar-refractivity contribution is -0.137. The van der Waals surface area contributed by atoms with Crippen molar-refractivity contribution in [1.29, 1.82) is 0 Å². The molecule has 0 aliphatic heterocycles. The summed E-state index contributed by atoms with van der Waals surface area (Å²) in [6, 6.07) is 8.23. The van der Waals surface area contributed by atoms with Crippen LogP contribution in [0.4, 0.5) is 13.2 Å². The molecule has 1 N–H and O–H groups in total. The standard InChI is InChI=1S/C23H19F3N6OS/c1-13-27-12-14-10-16(7-8-18(14)28-13)29-22(33)20-30-21(19-6-3-9-34-19)32(31-20)17-5-2-4-15(11-17)23(24,25)26/h2-6,9,11-12,16H,7-8,10H2,1H3,(H,29,33)/t16-/m1/s1. The largest absolute Gasteiger partial charge is 0.416 e. The van der Waals surface area contributed by atoms with Crippen LogP contribution in [0.25, 0.3) is 16.4 Å². The zero-order valence-electron chi connectivity index (χ0n) is 18.0. The number of carbonyl (C=O) groups excluding carboxylic acids is 1. The van der Waals surface area contributed by atoms with E-state index >= 15 is 0 Å². The number of carbonyl (C=O) groups is 1. The highest BCUT2D eigenvalue weighted by atomic mass is 32.1. The maximum Gasteiger partial charge on any atom is 0.416 e. The number of benzene rings is 1. The van der Waals surface area contributed by atoms with Gasteiger partial charge < -0.3 is 5.32 Å². The minimum atomic E-state index is -4.50. The van der Waals surface area contributed by atoms with Crippen LogP contribution in [0.5, 0.6) is 0 Å². The number of aryl methyl sites for hydroxylation is 2. The first-order valence-corrected chi connectivity index (χ1v) is 11.5. The van der Waals surface area contributed by atoms with E-state index in [-0.39, 0.29) is 17.6 Å². The van der Waals surface area contributed by atoms with Crippen molar-refractivity contribution in [2.45, 2.75) is 38.4 Å². The van der Waals surface area contributed by atoms with Crippen LogP contribution in [0.2, 0.25) is 0 Å². The molecule has 4 aromatic rings. The molecule has 1 aromatic carbocycles. The Hall–Kier alpha value is -3.60. The molecule has 0 saturated carbocycles. The average Bonchev–Trinajstić information content (AvgIpc) is 3.49. The molecule has 1 aliphatic carbocycles. The molecule has 3 aromatic heterocycles. The number of amides is 1. The number of aromatic nitrogens is 5. The molecule has 0 unspecified atom stereocenters. The van der Waals surface area contributed by atoms with Crippen LogP contribution in [-0.4, -0.2) is 36.7 Å². The van der Waals surface area contributed by atoms with Crippen molar-refractivity contribution in [3.05, 3.63) is 76.4 Å². The summed E-state index contributed by atoms with van der Waals surface area (Å²) in [6.45, 7) is 1.84. The third-order valence-electron chi connectivity index (χ3n) is 5.58. The molecule has 0 radical (unpaired) electrons. The minimum absolute atomic E-state index is 0.105. The summed E-state index contributed by atoms with van der Waals surface area (Å²) >= 11 is 1.36. The van der Waals surface area contributed by atoms with Gasteiger partial charge in [0.25, 0.3) is 5.91 Å². The van der Waals surface area contributed by atoms with Crippen LogP contribution >= 0.6 is 11.3 Å². The van der Waals surface area contributed by atoms with Gasteiger partial charge in [-0.25, -0.2) is 19.6 Å². The SMILES string of the molecule is Cc1ncc2c(n1)CC[C@@H](NC(=O)c1nc(-c3cccs3)n(-c3cccc(C(F)(F)F)c3)n1)C2. The lowest BCUT2D eigenvalue weighted by Crippen LogP contribution is -2.39. The molecule has 174 valence electrons. The summed E-state index contributed by atoms with van der Waals surface area (Å²) < 4.78 is 41.1. The highest BCUT2D eigenvalue weighted by molar-refractivity contribution is 7.13. The third kappa shape index (κ3) is 4.43. The fourth-order valence-electron chi connectivity index (χ4n) is 3.95. The summed E-state index contributed by atoms with van der Waals surface area (Å²) in [5.41, 5.74) is 1.35.